The van der Waals surface area contributed by atoms with Gasteiger partial charge in [0.1, 0.15) is 5.41 Å². The molecule has 0 aromatic heterocycles. The average Bonchev–Trinajstić information content (AvgIpc) is 2.85. The summed E-state index contributed by atoms with van der Waals surface area (Å²) in [6.45, 7) is 2.12. The van der Waals surface area contributed by atoms with Crippen LogP contribution < -0.4 is 5.32 Å². The number of hydrogen-bond acceptors (Lipinski definition) is 2. The molecule has 1 N–H and O–H groups in total. The third-order valence-electron chi connectivity index (χ3n) is 5.19. The molecule has 3 aliphatic rings. The molecule has 0 saturated heterocycles. The Morgan fingerprint density at radius 1 is 1.41 bits per heavy atom. The van der Waals surface area contributed by atoms with Crippen molar-refractivity contribution < 1.29 is 4.79 Å². The van der Waals surface area contributed by atoms with E-state index < -0.39 is 5.41 Å². The van der Waals surface area contributed by atoms with E-state index in [2.05, 4.69) is 18.3 Å². The topological polar surface area (TPSA) is 52.9 Å². The first-order chi connectivity index (χ1) is 8.14. The fourth-order valence-electron chi connectivity index (χ4n) is 3.87. The maximum Gasteiger partial charge on any atom is 0.240 e. The van der Waals surface area contributed by atoms with Gasteiger partial charge in [-0.05, 0) is 56.8 Å². The predicted molar refractivity (Wildman–Crippen MR) is 63.8 cm³/mol. The minimum absolute atomic E-state index is 0.0183. The molecule has 92 valence electrons. The molecule has 17 heavy (non-hydrogen) atoms. The van der Waals surface area contributed by atoms with Gasteiger partial charge in [-0.1, -0.05) is 6.42 Å². The van der Waals surface area contributed by atoms with Crippen molar-refractivity contribution in [1.29, 1.82) is 5.26 Å². The van der Waals surface area contributed by atoms with E-state index in [1.807, 2.05) is 0 Å². The number of amides is 1. The quantitative estimate of drug-likeness (QED) is 0.811. The van der Waals surface area contributed by atoms with Gasteiger partial charge in [-0.3, -0.25) is 4.79 Å². The fourth-order valence-corrected chi connectivity index (χ4v) is 3.87. The number of fused-ring (bicyclic) bond motifs is 2. The van der Waals surface area contributed by atoms with Crippen LogP contribution in [0.1, 0.15) is 45.4 Å². The number of hydrogen-bond donors (Lipinski definition) is 1. The molecule has 4 atom stereocenters. The van der Waals surface area contributed by atoms with E-state index in [-0.39, 0.29) is 11.9 Å². The van der Waals surface area contributed by atoms with Crippen LogP contribution in [0.3, 0.4) is 0 Å². The molecular formula is C14H20N2O. The summed E-state index contributed by atoms with van der Waals surface area (Å²) >= 11 is 0. The SMILES string of the molecule is CC(NC(=O)C1(C#N)CC1)C1CC2CCC1C2. The van der Waals surface area contributed by atoms with Crippen LogP contribution in [0.2, 0.25) is 0 Å². The van der Waals surface area contributed by atoms with Gasteiger partial charge < -0.3 is 5.32 Å². The van der Waals surface area contributed by atoms with Gasteiger partial charge in [0.25, 0.3) is 0 Å². The minimum atomic E-state index is -0.661. The molecular weight excluding hydrogens is 212 g/mol. The number of carbonyl (C=O) groups is 1. The molecule has 1 amide bonds. The van der Waals surface area contributed by atoms with Gasteiger partial charge in [-0.15, -0.1) is 0 Å². The Morgan fingerprint density at radius 2 is 2.18 bits per heavy atom. The van der Waals surface area contributed by atoms with Crippen molar-refractivity contribution in [3.05, 3.63) is 0 Å². The van der Waals surface area contributed by atoms with Gasteiger partial charge >= 0.3 is 0 Å². The number of nitrogens with one attached hydrogen (secondary N) is 1. The standard InChI is InChI=1S/C14H20N2O/c1-9(12-7-10-2-3-11(12)6-10)16-13(17)14(8-15)4-5-14/h9-12H,2-7H2,1H3,(H,16,17). The van der Waals surface area contributed by atoms with E-state index in [4.69, 9.17) is 5.26 Å². The molecule has 0 aromatic rings. The van der Waals surface area contributed by atoms with E-state index in [0.29, 0.717) is 5.92 Å². The highest BCUT2D eigenvalue weighted by Gasteiger charge is 2.51. The lowest BCUT2D eigenvalue weighted by Crippen LogP contribution is -2.43. The van der Waals surface area contributed by atoms with E-state index in [1.165, 1.54) is 25.7 Å². The third kappa shape index (κ3) is 1.74. The molecule has 3 nitrogen and oxygen atoms in total. The molecule has 3 saturated carbocycles. The Morgan fingerprint density at radius 3 is 2.65 bits per heavy atom. The summed E-state index contributed by atoms with van der Waals surface area (Å²) in [4.78, 5) is 12.0. The fraction of sp³-hybridized carbons (Fsp3) is 0.857. The second kappa shape index (κ2) is 3.73. The summed E-state index contributed by atoms with van der Waals surface area (Å²) in [5, 5.41) is 12.1. The highest BCUT2D eigenvalue weighted by Crippen LogP contribution is 2.50. The van der Waals surface area contributed by atoms with Crippen LogP contribution in [-0.2, 0) is 4.79 Å². The maximum atomic E-state index is 12.0. The molecule has 0 radical (unpaired) electrons. The zero-order valence-corrected chi connectivity index (χ0v) is 10.4. The summed E-state index contributed by atoms with van der Waals surface area (Å²) < 4.78 is 0. The Bertz CT molecular complexity index is 380. The van der Waals surface area contributed by atoms with Crippen molar-refractivity contribution in [1.82, 2.24) is 5.32 Å². The highest BCUT2D eigenvalue weighted by atomic mass is 16.2. The second-order valence-electron chi connectivity index (χ2n) is 6.29. The van der Waals surface area contributed by atoms with Crippen molar-refractivity contribution in [3.63, 3.8) is 0 Å². The molecule has 0 aliphatic heterocycles. The van der Waals surface area contributed by atoms with Crippen LogP contribution in [-0.4, -0.2) is 11.9 Å². The van der Waals surface area contributed by atoms with Crippen molar-refractivity contribution in [3.8, 4) is 6.07 Å². The minimum Gasteiger partial charge on any atom is -0.352 e. The summed E-state index contributed by atoms with van der Waals surface area (Å²) in [5.74, 6) is 2.38. The Kier molecular flexibility index (Phi) is 2.43. The monoisotopic (exact) mass is 232 g/mol. The summed E-state index contributed by atoms with van der Waals surface area (Å²) in [5.41, 5.74) is -0.661. The first kappa shape index (κ1) is 11.1. The maximum absolute atomic E-state index is 12.0. The largest absolute Gasteiger partial charge is 0.352 e. The van der Waals surface area contributed by atoms with Gasteiger partial charge in [0, 0.05) is 6.04 Å². The van der Waals surface area contributed by atoms with Gasteiger partial charge in [0.15, 0.2) is 0 Å². The molecule has 3 heteroatoms. The zero-order chi connectivity index (χ0) is 12.0. The number of nitrogens with zero attached hydrogens (tertiary/aromatic N) is 1. The van der Waals surface area contributed by atoms with Crippen LogP contribution in [0.4, 0.5) is 0 Å². The number of rotatable bonds is 3. The predicted octanol–water partition coefficient (Wildman–Crippen LogP) is 2.23. The van der Waals surface area contributed by atoms with Crippen LogP contribution in [0.15, 0.2) is 0 Å². The Balaban J connectivity index is 1.59. The normalized spacial score (nSPS) is 38.5. The first-order valence-corrected chi connectivity index (χ1v) is 6.87. The van der Waals surface area contributed by atoms with E-state index in [0.717, 1.165) is 24.7 Å². The van der Waals surface area contributed by atoms with E-state index >= 15 is 0 Å². The van der Waals surface area contributed by atoms with Crippen LogP contribution in [0.5, 0.6) is 0 Å². The van der Waals surface area contributed by atoms with Crippen molar-refractivity contribution in [2.75, 3.05) is 0 Å². The smallest absolute Gasteiger partial charge is 0.240 e. The Labute approximate surface area is 103 Å². The molecule has 3 rings (SSSR count). The number of nitriles is 1. The molecule has 0 heterocycles. The van der Waals surface area contributed by atoms with Crippen LogP contribution >= 0.6 is 0 Å². The lowest BCUT2D eigenvalue weighted by Gasteiger charge is -2.29. The van der Waals surface area contributed by atoms with E-state index in [9.17, 15) is 4.79 Å². The average molecular weight is 232 g/mol. The van der Waals surface area contributed by atoms with Gasteiger partial charge in [0.2, 0.25) is 5.91 Å². The summed E-state index contributed by atoms with van der Waals surface area (Å²) in [7, 11) is 0. The molecule has 0 aromatic carbocycles. The molecule has 3 aliphatic carbocycles. The third-order valence-corrected chi connectivity index (χ3v) is 5.19. The summed E-state index contributed by atoms with van der Waals surface area (Å²) in [6.07, 6.45) is 6.89. The van der Waals surface area contributed by atoms with Crippen LogP contribution in [0, 0.1) is 34.5 Å². The molecule has 4 unspecified atom stereocenters. The van der Waals surface area contributed by atoms with Gasteiger partial charge in [-0.25, -0.2) is 0 Å². The highest BCUT2D eigenvalue weighted by molar-refractivity contribution is 5.88. The van der Waals surface area contributed by atoms with Crippen molar-refractivity contribution in [2.45, 2.75) is 51.5 Å². The van der Waals surface area contributed by atoms with Crippen molar-refractivity contribution in [2.24, 2.45) is 23.2 Å². The lowest BCUT2D eigenvalue weighted by molar-refractivity contribution is -0.125. The van der Waals surface area contributed by atoms with Crippen LogP contribution in [0.25, 0.3) is 0 Å². The zero-order valence-electron chi connectivity index (χ0n) is 10.4. The molecule has 0 spiro atoms. The second-order valence-corrected chi connectivity index (χ2v) is 6.29. The lowest BCUT2D eigenvalue weighted by atomic mass is 9.84. The molecule has 3 fully saturated rings. The number of carbonyl (C=O) groups excluding carboxylic acids is 1. The Hall–Kier alpha value is -1.04. The van der Waals surface area contributed by atoms with Gasteiger partial charge in [0.05, 0.1) is 6.07 Å². The molecule has 2 bridgehead atoms. The first-order valence-electron chi connectivity index (χ1n) is 6.87. The van der Waals surface area contributed by atoms with Gasteiger partial charge in [-0.2, -0.15) is 5.26 Å². The van der Waals surface area contributed by atoms with E-state index in [1.54, 1.807) is 0 Å². The van der Waals surface area contributed by atoms with Crippen molar-refractivity contribution >= 4 is 5.91 Å². The summed E-state index contributed by atoms with van der Waals surface area (Å²) in [6, 6.07) is 2.42.